The lowest BCUT2D eigenvalue weighted by molar-refractivity contribution is -0.196. The average molecular weight is 342 g/mol. The van der Waals surface area contributed by atoms with Gasteiger partial charge < -0.3 is 13.9 Å². The van der Waals surface area contributed by atoms with Crippen molar-refractivity contribution in [2.24, 2.45) is 22.7 Å². The molecule has 3 aliphatic heterocycles. The number of fused-ring (bicyclic) bond motifs is 1. The Morgan fingerprint density at radius 3 is 2.76 bits per heavy atom. The lowest BCUT2D eigenvalue weighted by Gasteiger charge is -2.59. The molecule has 2 spiro atoms. The van der Waals surface area contributed by atoms with Crippen LogP contribution in [0.3, 0.4) is 0 Å². The molecule has 0 radical (unpaired) electrons. The van der Waals surface area contributed by atoms with Crippen molar-refractivity contribution in [1.82, 2.24) is 0 Å². The normalized spacial score (nSPS) is 45.1. The van der Waals surface area contributed by atoms with Crippen molar-refractivity contribution in [2.45, 2.75) is 51.7 Å². The Bertz CT molecular complexity index is 778. The zero-order valence-corrected chi connectivity index (χ0v) is 14.5. The van der Waals surface area contributed by atoms with Gasteiger partial charge in [0, 0.05) is 12.0 Å². The Hall–Kier alpha value is -2.04. The van der Waals surface area contributed by atoms with Gasteiger partial charge in [-0.3, -0.25) is 9.59 Å². The van der Waals surface area contributed by atoms with Crippen molar-refractivity contribution in [3.63, 3.8) is 0 Å². The zero-order valence-electron chi connectivity index (χ0n) is 14.5. The van der Waals surface area contributed by atoms with Crippen LogP contribution in [0.4, 0.5) is 0 Å². The molecule has 0 unspecified atom stereocenters. The number of hydrogen-bond acceptors (Lipinski definition) is 5. The average Bonchev–Trinajstić information content (AvgIpc) is 3.20. The van der Waals surface area contributed by atoms with Gasteiger partial charge in [0.25, 0.3) is 0 Å². The molecule has 6 rings (SSSR count). The van der Waals surface area contributed by atoms with Crippen molar-refractivity contribution in [1.29, 1.82) is 0 Å². The molecule has 5 nitrogen and oxygen atoms in total. The molecule has 4 heterocycles. The summed E-state index contributed by atoms with van der Waals surface area (Å²) < 4.78 is 16.6. The van der Waals surface area contributed by atoms with Crippen molar-refractivity contribution in [2.75, 3.05) is 0 Å². The van der Waals surface area contributed by atoms with E-state index in [-0.39, 0.29) is 36.0 Å². The van der Waals surface area contributed by atoms with Crippen LogP contribution in [0.25, 0.3) is 0 Å². The van der Waals surface area contributed by atoms with E-state index in [0.29, 0.717) is 6.42 Å². The van der Waals surface area contributed by atoms with Gasteiger partial charge in [0.15, 0.2) is 0 Å². The maximum Gasteiger partial charge on any atom is 0.317 e. The first kappa shape index (κ1) is 15.2. The molecule has 2 saturated heterocycles. The van der Waals surface area contributed by atoms with Crippen LogP contribution in [0.15, 0.2) is 34.7 Å². The van der Waals surface area contributed by atoms with Crippen LogP contribution in [0.5, 0.6) is 0 Å². The molecule has 25 heavy (non-hydrogen) atoms. The lowest BCUT2D eigenvalue weighted by atomic mass is 9.45. The van der Waals surface area contributed by atoms with Crippen LogP contribution in [-0.4, -0.2) is 18.0 Å². The maximum absolute atomic E-state index is 13.2. The van der Waals surface area contributed by atoms with E-state index < -0.39 is 10.8 Å². The van der Waals surface area contributed by atoms with Crippen LogP contribution in [0.1, 0.15) is 51.2 Å². The third-order valence-corrected chi connectivity index (χ3v) is 7.37. The minimum absolute atomic E-state index is 0.0376. The van der Waals surface area contributed by atoms with Gasteiger partial charge in [-0.1, -0.05) is 12.5 Å². The zero-order chi connectivity index (χ0) is 17.4. The quantitative estimate of drug-likeness (QED) is 0.577. The second kappa shape index (κ2) is 4.77. The van der Waals surface area contributed by atoms with Gasteiger partial charge in [-0.05, 0) is 50.2 Å². The summed E-state index contributed by atoms with van der Waals surface area (Å²) >= 11 is 0. The predicted molar refractivity (Wildman–Crippen MR) is 87.2 cm³/mol. The van der Waals surface area contributed by atoms with Crippen molar-refractivity contribution >= 4 is 11.9 Å². The number of furan rings is 1. The number of cyclic esters (lactones) is 1. The van der Waals surface area contributed by atoms with Crippen LogP contribution < -0.4 is 0 Å². The fourth-order valence-corrected chi connectivity index (χ4v) is 6.00. The Morgan fingerprint density at radius 1 is 1.20 bits per heavy atom. The molecule has 0 amide bonds. The summed E-state index contributed by atoms with van der Waals surface area (Å²) in [5, 5.41) is 0. The summed E-state index contributed by atoms with van der Waals surface area (Å²) in [5.41, 5.74) is 0.711. The largest absolute Gasteiger partial charge is 0.472 e. The summed E-state index contributed by atoms with van der Waals surface area (Å²) in [7, 11) is 0. The summed E-state index contributed by atoms with van der Waals surface area (Å²) in [6.07, 6.45) is 7.76. The standard InChI is InChI=1S/C20H22O5/c1-11-3-5-19-12(2)7-14(24-17(19)21)8-16(19)20(11)9-15(25-18(20)22)13-4-6-23-10-13/h4,6-7,10-11,14-16H,3,5,8-9H2,1-2H3/t11-,14-,15-,16-,19-,20-/m0/s1. The minimum atomic E-state index is -0.647. The van der Waals surface area contributed by atoms with Gasteiger partial charge in [-0.25, -0.2) is 0 Å². The molecule has 1 aromatic rings. The number of esters is 2. The summed E-state index contributed by atoms with van der Waals surface area (Å²) in [6, 6.07) is 1.85. The van der Waals surface area contributed by atoms with Gasteiger partial charge in [-0.2, -0.15) is 0 Å². The summed E-state index contributed by atoms with van der Waals surface area (Å²) in [6.45, 7) is 4.16. The molecule has 1 aromatic heterocycles. The van der Waals surface area contributed by atoms with Gasteiger partial charge in [0.2, 0.25) is 0 Å². The van der Waals surface area contributed by atoms with Crippen molar-refractivity contribution in [3.05, 3.63) is 35.8 Å². The minimum Gasteiger partial charge on any atom is -0.472 e. The smallest absolute Gasteiger partial charge is 0.317 e. The second-order valence-electron chi connectivity index (χ2n) is 8.19. The molecular formula is C20H22O5. The van der Waals surface area contributed by atoms with Gasteiger partial charge in [-0.15, -0.1) is 0 Å². The fourth-order valence-electron chi connectivity index (χ4n) is 6.00. The highest BCUT2D eigenvalue weighted by Gasteiger charge is 2.70. The highest BCUT2D eigenvalue weighted by Crippen LogP contribution is 2.67. The van der Waals surface area contributed by atoms with Crippen molar-refractivity contribution < 1.29 is 23.5 Å². The Morgan fingerprint density at radius 2 is 2.04 bits per heavy atom. The summed E-state index contributed by atoms with van der Waals surface area (Å²) in [5.74, 6) is -0.139. The van der Waals surface area contributed by atoms with Crippen molar-refractivity contribution in [3.8, 4) is 0 Å². The SMILES string of the molecule is CC1=C[C@H]2C[C@H]3[C@@]1(CC[C@H](C)[C@@]31C[C@@H](c3ccoc3)OC1=O)C(=O)O2. The highest BCUT2D eigenvalue weighted by atomic mass is 16.6. The molecule has 1 saturated carbocycles. The van der Waals surface area contributed by atoms with Gasteiger partial charge in [0.1, 0.15) is 12.2 Å². The molecular weight excluding hydrogens is 320 g/mol. The highest BCUT2D eigenvalue weighted by molar-refractivity contribution is 5.88. The first-order chi connectivity index (χ1) is 12.0. The first-order valence-electron chi connectivity index (χ1n) is 9.11. The Kier molecular flexibility index (Phi) is 2.91. The number of carbonyl (C=O) groups excluding carboxylic acids is 2. The lowest BCUT2D eigenvalue weighted by Crippen LogP contribution is -2.62. The van der Waals surface area contributed by atoms with E-state index in [9.17, 15) is 9.59 Å². The second-order valence-corrected chi connectivity index (χ2v) is 8.19. The van der Waals surface area contributed by atoms with Gasteiger partial charge >= 0.3 is 11.9 Å². The summed E-state index contributed by atoms with van der Waals surface area (Å²) in [4.78, 5) is 26.0. The topological polar surface area (TPSA) is 65.7 Å². The van der Waals surface area contributed by atoms with Crippen LogP contribution >= 0.6 is 0 Å². The van der Waals surface area contributed by atoms with E-state index in [0.717, 1.165) is 30.4 Å². The van der Waals surface area contributed by atoms with Crippen LogP contribution in [0.2, 0.25) is 0 Å². The number of ether oxygens (including phenoxy) is 2. The monoisotopic (exact) mass is 342 g/mol. The molecule has 5 heteroatoms. The molecule has 2 aliphatic carbocycles. The van der Waals surface area contributed by atoms with E-state index >= 15 is 0 Å². The molecule has 132 valence electrons. The van der Waals surface area contributed by atoms with E-state index in [1.807, 2.05) is 13.0 Å². The molecule has 3 fully saturated rings. The predicted octanol–water partition coefficient (Wildman–Crippen LogP) is 3.56. The number of carbonyl (C=O) groups is 2. The Balaban J connectivity index is 1.62. The van der Waals surface area contributed by atoms with E-state index in [1.54, 1.807) is 12.5 Å². The Labute approximate surface area is 146 Å². The third-order valence-electron chi connectivity index (χ3n) is 7.37. The number of rotatable bonds is 1. The molecule has 5 aliphatic rings. The molecule has 0 aromatic carbocycles. The fraction of sp³-hybridized carbons (Fsp3) is 0.600. The molecule has 0 N–H and O–H groups in total. The number of hydrogen-bond donors (Lipinski definition) is 0. The molecule has 6 atom stereocenters. The van der Waals surface area contributed by atoms with Gasteiger partial charge in [0.05, 0.1) is 23.4 Å². The van der Waals surface area contributed by atoms with Crippen LogP contribution in [-0.2, 0) is 19.1 Å². The first-order valence-corrected chi connectivity index (χ1v) is 9.11. The van der Waals surface area contributed by atoms with E-state index in [4.69, 9.17) is 13.9 Å². The van der Waals surface area contributed by atoms with E-state index in [2.05, 4.69) is 13.0 Å². The van der Waals surface area contributed by atoms with Crippen LogP contribution in [0, 0.1) is 22.7 Å². The van der Waals surface area contributed by atoms with E-state index in [1.165, 1.54) is 0 Å². The third kappa shape index (κ3) is 1.69. The molecule has 2 bridgehead atoms. The maximum atomic E-state index is 13.2.